The van der Waals surface area contributed by atoms with Crippen LogP contribution in [0.15, 0.2) is 66.1 Å². The van der Waals surface area contributed by atoms with E-state index in [1.165, 1.54) is 11.8 Å². The average Bonchev–Trinajstić information content (AvgIpc) is 3.42. The van der Waals surface area contributed by atoms with Gasteiger partial charge in [-0.15, -0.1) is 10.2 Å². The lowest BCUT2D eigenvalue weighted by Gasteiger charge is -2.10. The molecule has 0 spiro atoms. The van der Waals surface area contributed by atoms with Gasteiger partial charge in [-0.1, -0.05) is 41.6 Å². The van der Waals surface area contributed by atoms with Crippen molar-refractivity contribution in [2.45, 2.75) is 12.1 Å². The number of hydrogen-bond acceptors (Lipinski definition) is 6. The normalized spacial score (nSPS) is 11.2. The molecule has 0 saturated heterocycles. The van der Waals surface area contributed by atoms with Gasteiger partial charge in [0, 0.05) is 23.0 Å². The van der Waals surface area contributed by atoms with E-state index in [0.29, 0.717) is 27.3 Å². The van der Waals surface area contributed by atoms with Crippen molar-refractivity contribution < 1.29 is 9.53 Å². The average molecular weight is 479 g/mol. The molecule has 0 fully saturated rings. The molecule has 0 atom stereocenters. The molecule has 0 unspecified atom stereocenters. The number of nitrogens with one attached hydrogen (secondary N) is 1. The molecule has 2 aromatic carbocycles. The van der Waals surface area contributed by atoms with Crippen molar-refractivity contribution >= 4 is 46.1 Å². The summed E-state index contributed by atoms with van der Waals surface area (Å²) < 4.78 is 8.95. The minimum atomic E-state index is -0.156. The minimum absolute atomic E-state index is 0.156. The Balaban J connectivity index is 1.36. The number of rotatable bonds is 6. The van der Waals surface area contributed by atoms with Gasteiger partial charge in [-0.25, -0.2) is 4.52 Å². The van der Waals surface area contributed by atoms with Crippen LogP contribution in [0.4, 0.5) is 5.69 Å². The van der Waals surface area contributed by atoms with E-state index in [-0.39, 0.29) is 11.7 Å². The predicted octanol–water partition coefficient (Wildman–Crippen LogP) is 4.75. The maximum atomic E-state index is 12.6. The second-order valence-electron chi connectivity index (χ2n) is 7.38. The van der Waals surface area contributed by atoms with Gasteiger partial charge in [-0.3, -0.25) is 9.20 Å². The van der Waals surface area contributed by atoms with Gasteiger partial charge in [0.25, 0.3) is 0 Å². The first kappa shape index (κ1) is 21.3. The first-order valence-corrected chi connectivity index (χ1v) is 11.4. The van der Waals surface area contributed by atoms with Crippen molar-refractivity contribution in [3.05, 3.63) is 71.5 Å². The second kappa shape index (κ2) is 8.76. The molecular weight excluding hydrogens is 460 g/mol. The summed E-state index contributed by atoms with van der Waals surface area (Å²) in [4.78, 5) is 12.6. The van der Waals surface area contributed by atoms with Crippen molar-refractivity contribution in [2.24, 2.45) is 0 Å². The molecule has 33 heavy (non-hydrogen) atoms. The van der Waals surface area contributed by atoms with E-state index >= 15 is 0 Å². The van der Waals surface area contributed by atoms with E-state index in [1.807, 2.05) is 72.2 Å². The summed E-state index contributed by atoms with van der Waals surface area (Å²) in [6.07, 6.45) is 3.68. The van der Waals surface area contributed by atoms with Gasteiger partial charge in [0.15, 0.2) is 10.8 Å². The lowest BCUT2D eigenvalue weighted by Crippen LogP contribution is -2.15. The lowest BCUT2D eigenvalue weighted by atomic mass is 10.1. The molecule has 0 aliphatic carbocycles. The van der Waals surface area contributed by atoms with Gasteiger partial charge in [-0.05, 0) is 42.8 Å². The number of aromatic nitrogens is 5. The van der Waals surface area contributed by atoms with Crippen molar-refractivity contribution in [3.8, 4) is 17.0 Å². The van der Waals surface area contributed by atoms with Crippen LogP contribution in [0.1, 0.15) is 5.56 Å². The zero-order valence-electron chi connectivity index (χ0n) is 17.8. The number of thioether (sulfide) groups is 1. The second-order valence-corrected chi connectivity index (χ2v) is 8.76. The monoisotopic (exact) mass is 478 g/mol. The van der Waals surface area contributed by atoms with E-state index < -0.39 is 0 Å². The van der Waals surface area contributed by atoms with Crippen LogP contribution >= 0.6 is 23.4 Å². The van der Waals surface area contributed by atoms with E-state index in [0.717, 1.165) is 22.3 Å². The molecule has 5 rings (SSSR count). The highest BCUT2D eigenvalue weighted by atomic mass is 35.5. The van der Waals surface area contributed by atoms with Crippen molar-refractivity contribution in [2.75, 3.05) is 18.2 Å². The summed E-state index contributed by atoms with van der Waals surface area (Å²) in [5.74, 6) is 0.640. The van der Waals surface area contributed by atoms with E-state index in [2.05, 4.69) is 20.6 Å². The molecule has 1 N–H and O–H groups in total. The number of ether oxygens (including phenoxy) is 1. The molecule has 166 valence electrons. The van der Waals surface area contributed by atoms with Crippen molar-refractivity contribution in [1.29, 1.82) is 0 Å². The number of fused-ring (bicyclic) bond motifs is 3. The lowest BCUT2D eigenvalue weighted by molar-refractivity contribution is -0.113. The molecule has 3 aromatic heterocycles. The van der Waals surface area contributed by atoms with Crippen LogP contribution in [-0.2, 0) is 4.79 Å². The van der Waals surface area contributed by atoms with Crippen LogP contribution in [0.5, 0.6) is 5.75 Å². The molecule has 0 aliphatic rings. The topological polar surface area (TPSA) is 85.8 Å². The number of anilines is 1. The highest BCUT2D eigenvalue weighted by Gasteiger charge is 2.15. The number of benzene rings is 2. The maximum Gasteiger partial charge on any atom is 0.234 e. The number of nitrogens with zero attached hydrogens (tertiary/aromatic N) is 5. The molecule has 5 aromatic rings. The van der Waals surface area contributed by atoms with Crippen LogP contribution in [0, 0.1) is 6.92 Å². The van der Waals surface area contributed by atoms with Crippen LogP contribution in [0.3, 0.4) is 0 Å². The largest absolute Gasteiger partial charge is 0.495 e. The highest BCUT2D eigenvalue weighted by Crippen LogP contribution is 2.27. The minimum Gasteiger partial charge on any atom is -0.495 e. The summed E-state index contributed by atoms with van der Waals surface area (Å²) in [5.41, 5.74) is 4.92. The highest BCUT2D eigenvalue weighted by molar-refractivity contribution is 7.99. The fourth-order valence-electron chi connectivity index (χ4n) is 3.49. The molecule has 8 nitrogen and oxygen atoms in total. The number of halogens is 1. The third kappa shape index (κ3) is 4.24. The van der Waals surface area contributed by atoms with Gasteiger partial charge in [0.05, 0.1) is 24.2 Å². The van der Waals surface area contributed by atoms with Crippen LogP contribution in [0.2, 0.25) is 5.02 Å². The molecule has 1 amide bonds. The summed E-state index contributed by atoms with van der Waals surface area (Å²) >= 11 is 7.30. The Morgan fingerprint density at radius 3 is 2.73 bits per heavy atom. The number of aryl methyl sites for hydroxylation is 1. The molecule has 0 aliphatic heterocycles. The zero-order chi connectivity index (χ0) is 22.9. The summed E-state index contributed by atoms with van der Waals surface area (Å²) in [7, 11) is 1.58. The molecular formula is C23H19ClN6O2S. The number of methoxy groups -OCH3 is 1. The number of amides is 1. The third-order valence-electron chi connectivity index (χ3n) is 5.09. The molecule has 0 saturated carbocycles. The van der Waals surface area contributed by atoms with Crippen molar-refractivity contribution in [1.82, 2.24) is 24.2 Å². The van der Waals surface area contributed by atoms with E-state index in [1.54, 1.807) is 11.6 Å². The Bertz CT molecular complexity index is 1480. The summed E-state index contributed by atoms with van der Waals surface area (Å²) in [5, 5.41) is 17.4. The van der Waals surface area contributed by atoms with Gasteiger partial charge in [0.1, 0.15) is 11.3 Å². The van der Waals surface area contributed by atoms with Gasteiger partial charge >= 0.3 is 0 Å². The molecule has 3 heterocycles. The summed E-state index contributed by atoms with van der Waals surface area (Å²) in [6, 6.07) is 15.1. The Hall–Kier alpha value is -3.56. The zero-order valence-corrected chi connectivity index (χ0v) is 19.4. The first-order valence-electron chi connectivity index (χ1n) is 10.1. The Morgan fingerprint density at radius 2 is 1.94 bits per heavy atom. The van der Waals surface area contributed by atoms with Gasteiger partial charge in [0.2, 0.25) is 5.91 Å². The van der Waals surface area contributed by atoms with Gasteiger partial charge in [-0.2, -0.15) is 5.10 Å². The van der Waals surface area contributed by atoms with Gasteiger partial charge < -0.3 is 10.1 Å². The number of carbonyl (C=O) groups is 1. The third-order valence-corrected chi connectivity index (χ3v) is 6.28. The first-order chi connectivity index (χ1) is 16.0. The fraction of sp³-hybridized carbons (Fsp3) is 0.130. The smallest absolute Gasteiger partial charge is 0.234 e. The predicted molar refractivity (Wildman–Crippen MR) is 129 cm³/mol. The quantitative estimate of drug-likeness (QED) is 0.354. The Morgan fingerprint density at radius 1 is 1.12 bits per heavy atom. The summed E-state index contributed by atoms with van der Waals surface area (Å²) in [6.45, 7) is 1.96. The molecule has 0 radical (unpaired) electrons. The molecule has 0 bridgehead atoms. The van der Waals surface area contributed by atoms with E-state index in [9.17, 15) is 4.79 Å². The van der Waals surface area contributed by atoms with Crippen LogP contribution in [0.25, 0.3) is 22.4 Å². The number of hydrogen-bond donors (Lipinski definition) is 1. The van der Waals surface area contributed by atoms with E-state index in [4.69, 9.17) is 16.3 Å². The SMILES string of the molecule is COc1ccc(C)cc1NC(=O)CSc1nnc2c3cc(-c4ccc(Cl)cc4)nn3ccn12. The van der Waals surface area contributed by atoms with Crippen LogP contribution < -0.4 is 10.1 Å². The van der Waals surface area contributed by atoms with Crippen LogP contribution in [-0.4, -0.2) is 43.0 Å². The Kier molecular flexibility index (Phi) is 5.65. The molecule has 10 heteroatoms. The Labute approximate surface area is 198 Å². The maximum absolute atomic E-state index is 12.6. The fourth-order valence-corrected chi connectivity index (χ4v) is 4.33. The van der Waals surface area contributed by atoms with Crippen molar-refractivity contribution in [3.63, 3.8) is 0 Å². The standard InChI is InChI=1S/C23H19ClN6O2S/c1-14-3-8-20(32-2)18(11-14)25-21(31)13-33-23-27-26-22-19-12-17(15-4-6-16(24)7-5-15)28-30(19)10-9-29(22)23/h3-12H,13H2,1-2H3,(H,25,31). The number of carbonyl (C=O) groups excluding carboxylic acids is 1.